The van der Waals surface area contributed by atoms with Crippen molar-refractivity contribution < 1.29 is 29.2 Å². The van der Waals surface area contributed by atoms with E-state index in [1.165, 1.54) is 4.90 Å². The topological polar surface area (TPSA) is 112 Å². The summed E-state index contributed by atoms with van der Waals surface area (Å²) in [4.78, 5) is 46.4. The van der Waals surface area contributed by atoms with E-state index in [2.05, 4.69) is 5.48 Å². The van der Waals surface area contributed by atoms with Crippen molar-refractivity contribution in [2.75, 3.05) is 6.54 Å². The zero-order chi connectivity index (χ0) is 21.8. The number of hydrogen-bond donors (Lipinski definition) is 2. The summed E-state index contributed by atoms with van der Waals surface area (Å²) in [6.07, 6.45) is 3.59. The number of carbonyl (C=O) groups is 3. The summed E-state index contributed by atoms with van der Waals surface area (Å²) in [6, 6.07) is -1.11. The van der Waals surface area contributed by atoms with Crippen LogP contribution in [0.2, 0.25) is 0 Å². The van der Waals surface area contributed by atoms with Crippen molar-refractivity contribution >= 4 is 18.0 Å². The summed E-state index contributed by atoms with van der Waals surface area (Å²) in [5.41, 5.74) is 1.36. The van der Waals surface area contributed by atoms with Crippen LogP contribution < -0.4 is 5.48 Å². The molecule has 4 saturated heterocycles. The monoisotopic (exact) mass is 424 g/mol. The molecular formula is C20H32N4O6. The van der Waals surface area contributed by atoms with Crippen LogP contribution in [-0.4, -0.2) is 80.0 Å². The highest BCUT2D eigenvalue weighted by Gasteiger charge is 2.54. The molecule has 0 aromatic heterocycles. The van der Waals surface area contributed by atoms with Crippen LogP contribution in [-0.2, 0) is 14.4 Å². The highest BCUT2D eigenvalue weighted by atomic mass is 16.7. The maximum Gasteiger partial charge on any atom is 0.410 e. The summed E-state index contributed by atoms with van der Waals surface area (Å²) >= 11 is 0. The third-order valence-corrected chi connectivity index (χ3v) is 6.70. The number of piperidine rings is 2. The molecule has 0 saturated carbocycles. The molecule has 0 aromatic rings. The van der Waals surface area contributed by atoms with Crippen molar-refractivity contribution in [3.8, 4) is 0 Å². The fourth-order valence-corrected chi connectivity index (χ4v) is 5.20. The fourth-order valence-electron chi connectivity index (χ4n) is 5.20. The van der Waals surface area contributed by atoms with Crippen molar-refractivity contribution in [3.05, 3.63) is 0 Å². The minimum atomic E-state index is -0.652. The SMILES string of the molecule is CC(C)(C)OC(=O)N1C2CCC1CC(ONC(=O)C1CCC3(C)CN1C(=O)N3O)C2. The van der Waals surface area contributed by atoms with Crippen molar-refractivity contribution in [1.29, 1.82) is 0 Å². The smallest absolute Gasteiger partial charge is 0.410 e. The normalized spacial score (nSPS) is 35.6. The highest BCUT2D eigenvalue weighted by Crippen LogP contribution is 2.39. The van der Waals surface area contributed by atoms with Gasteiger partial charge in [-0.25, -0.2) is 15.1 Å². The van der Waals surface area contributed by atoms with E-state index in [-0.39, 0.29) is 30.2 Å². The Labute approximate surface area is 176 Å². The number of hydrogen-bond acceptors (Lipinski definition) is 6. The van der Waals surface area contributed by atoms with Gasteiger partial charge >= 0.3 is 12.1 Å². The van der Waals surface area contributed by atoms with Crippen LogP contribution in [0, 0.1) is 0 Å². The lowest BCUT2D eigenvalue weighted by molar-refractivity contribution is -0.148. The van der Waals surface area contributed by atoms with Crippen molar-refractivity contribution in [1.82, 2.24) is 20.3 Å². The summed E-state index contributed by atoms with van der Waals surface area (Å²) in [6.45, 7) is 7.69. The van der Waals surface area contributed by atoms with Crippen LogP contribution in [0.15, 0.2) is 0 Å². The van der Waals surface area contributed by atoms with Gasteiger partial charge in [0.15, 0.2) is 0 Å². The second-order valence-electron chi connectivity index (χ2n) is 10.2. The number of fused-ring (bicyclic) bond motifs is 4. The molecule has 4 aliphatic heterocycles. The van der Waals surface area contributed by atoms with Gasteiger partial charge in [-0.1, -0.05) is 0 Å². The molecule has 4 rings (SSSR count). The second kappa shape index (κ2) is 7.26. The van der Waals surface area contributed by atoms with E-state index in [0.29, 0.717) is 32.2 Å². The van der Waals surface area contributed by atoms with E-state index in [1.807, 2.05) is 32.6 Å². The van der Waals surface area contributed by atoms with Gasteiger partial charge in [-0.3, -0.25) is 14.8 Å². The number of ether oxygens (including phenoxy) is 1. The second-order valence-corrected chi connectivity index (χ2v) is 10.2. The average Bonchev–Trinajstić information content (AvgIpc) is 3.02. The molecule has 0 aliphatic carbocycles. The van der Waals surface area contributed by atoms with E-state index < -0.39 is 23.2 Å². The third kappa shape index (κ3) is 3.71. The van der Waals surface area contributed by atoms with Crippen LogP contribution in [0.25, 0.3) is 0 Å². The van der Waals surface area contributed by atoms with Crippen LogP contribution >= 0.6 is 0 Å². The molecular weight excluding hydrogens is 392 g/mol. The maximum atomic E-state index is 12.7. The predicted octanol–water partition coefficient (Wildman–Crippen LogP) is 2.01. The minimum absolute atomic E-state index is 0.0407. The van der Waals surface area contributed by atoms with Gasteiger partial charge in [0.05, 0.1) is 11.6 Å². The first kappa shape index (κ1) is 21.2. The van der Waals surface area contributed by atoms with Gasteiger partial charge in [0.1, 0.15) is 11.6 Å². The number of amides is 4. The molecule has 0 aromatic carbocycles. The van der Waals surface area contributed by atoms with Gasteiger partial charge in [0.25, 0.3) is 5.91 Å². The molecule has 30 heavy (non-hydrogen) atoms. The molecule has 2 N–H and O–H groups in total. The molecule has 4 fully saturated rings. The Hall–Kier alpha value is -2.07. The minimum Gasteiger partial charge on any atom is -0.444 e. The third-order valence-electron chi connectivity index (χ3n) is 6.70. The molecule has 168 valence electrons. The van der Waals surface area contributed by atoms with Crippen LogP contribution in [0.3, 0.4) is 0 Å². The van der Waals surface area contributed by atoms with Gasteiger partial charge in [-0.2, -0.15) is 5.06 Å². The number of nitrogens with zero attached hydrogens (tertiary/aromatic N) is 3. The molecule has 0 radical (unpaired) electrons. The van der Waals surface area contributed by atoms with Gasteiger partial charge < -0.3 is 14.5 Å². The molecule has 4 heterocycles. The highest BCUT2D eigenvalue weighted by molar-refractivity contribution is 5.88. The van der Waals surface area contributed by atoms with E-state index in [4.69, 9.17) is 9.57 Å². The molecule has 4 amide bonds. The first-order chi connectivity index (χ1) is 14.0. The molecule has 4 aliphatic rings. The number of urea groups is 1. The molecule has 10 heteroatoms. The van der Waals surface area contributed by atoms with E-state index >= 15 is 0 Å². The number of nitrogens with one attached hydrogen (secondary N) is 1. The predicted molar refractivity (Wildman–Crippen MR) is 104 cm³/mol. The zero-order valence-corrected chi connectivity index (χ0v) is 18.1. The van der Waals surface area contributed by atoms with Crippen molar-refractivity contribution in [3.63, 3.8) is 0 Å². The molecule has 0 spiro atoms. The molecule has 4 atom stereocenters. The Morgan fingerprint density at radius 3 is 2.40 bits per heavy atom. The summed E-state index contributed by atoms with van der Waals surface area (Å²) in [7, 11) is 0. The standard InChI is InChI=1S/C20H32N4O6/c1-19(2,3)29-18(27)23-12-5-6-13(23)10-14(9-12)30-21-16(25)15-7-8-20(4)11-22(15)17(26)24(20)28/h12-15,28H,5-11H2,1-4H3,(H,21,25). The van der Waals surface area contributed by atoms with Gasteiger partial charge in [-0.05, 0) is 66.2 Å². The van der Waals surface area contributed by atoms with Gasteiger partial charge in [0, 0.05) is 18.6 Å². The fraction of sp³-hybridized carbons (Fsp3) is 0.850. The summed E-state index contributed by atoms with van der Waals surface area (Å²) < 4.78 is 5.54. The molecule has 4 bridgehead atoms. The first-order valence-corrected chi connectivity index (χ1v) is 10.7. The lowest BCUT2D eigenvalue weighted by Gasteiger charge is -2.39. The first-order valence-electron chi connectivity index (χ1n) is 10.7. The molecule has 10 nitrogen and oxygen atoms in total. The Morgan fingerprint density at radius 1 is 1.17 bits per heavy atom. The Balaban J connectivity index is 1.30. The zero-order valence-electron chi connectivity index (χ0n) is 18.1. The van der Waals surface area contributed by atoms with Crippen LogP contribution in [0.4, 0.5) is 9.59 Å². The summed E-state index contributed by atoms with van der Waals surface area (Å²) in [5, 5.41) is 10.7. The lowest BCUT2D eigenvalue weighted by Crippen LogP contribution is -2.54. The van der Waals surface area contributed by atoms with E-state index in [0.717, 1.165) is 17.9 Å². The van der Waals surface area contributed by atoms with E-state index in [1.54, 1.807) is 0 Å². The number of rotatable bonds is 3. The average molecular weight is 424 g/mol. The maximum absolute atomic E-state index is 12.7. The van der Waals surface area contributed by atoms with Crippen LogP contribution in [0.5, 0.6) is 0 Å². The van der Waals surface area contributed by atoms with E-state index in [9.17, 15) is 19.6 Å². The van der Waals surface area contributed by atoms with Crippen molar-refractivity contribution in [2.24, 2.45) is 0 Å². The molecule has 4 unspecified atom stereocenters. The van der Waals surface area contributed by atoms with Crippen molar-refractivity contribution in [2.45, 2.75) is 102 Å². The number of hydroxylamine groups is 3. The lowest BCUT2D eigenvalue weighted by atomic mass is 9.89. The quantitative estimate of drug-likeness (QED) is 0.530. The Bertz CT molecular complexity index is 725. The van der Waals surface area contributed by atoms with Crippen LogP contribution in [0.1, 0.15) is 66.2 Å². The number of carbonyl (C=O) groups excluding carboxylic acids is 3. The Morgan fingerprint density at radius 2 is 1.80 bits per heavy atom. The van der Waals surface area contributed by atoms with Gasteiger partial charge in [0.2, 0.25) is 0 Å². The largest absolute Gasteiger partial charge is 0.444 e. The Kier molecular flexibility index (Phi) is 5.13. The summed E-state index contributed by atoms with van der Waals surface area (Å²) in [5.74, 6) is -0.373. The van der Waals surface area contributed by atoms with Gasteiger partial charge in [-0.15, -0.1) is 0 Å².